The monoisotopic (exact) mass is 483 g/mol. The van der Waals surface area contributed by atoms with Gasteiger partial charge in [-0.1, -0.05) is 13.5 Å². The van der Waals surface area contributed by atoms with E-state index in [0.29, 0.717) is 11.5 Å². The van der Waals surface area contributed by atoms with E-state index in [4.69, 9.17) is 10.5 Å². The Morgan fingerprint density at radius 2 is 2.03 bits per heavy atom. The van der Waals surface area contributed by atoms with Gasteiger partial charge in [0.15, 0.2) is 11.5 Å². The van der Waals surface area contributed by atoms with E-state index in [-0.39, 0.29) is 26.2 Å². The molecule has 0 bridgehead atoms. The Balaban J connectivity index is 0.00000320. The minimum absolute atomic E-state index is 0. The molecule has 1 atom stereocenters. The zero-order valence-corrected chi connectivity index (χ0v) is 17.4. The van der Waals surface area contributed by atoms with Gasteiger partial charge in [-0.05, 0) is 48.0 Å². The third-order valence-electron chi connectivity index (χ3n) is 4.15. The Morgan fingerprint density at radius 3 is 2.70 bits per heavy atom. The number of nitrogens with two attached hydrogens (primary N) is 1. The van der Waals surface area contributed by atoms with E-state index >= 15 is 0 Å². The first-order chi connectivity index (χ1) is 13.6. The van der Waals surface area contributed by atoms with E-state index in [0.717, 1.165) is 16.6 Å². The van der Waals surface area contributed by atoms with Crippen LogP contribution < -0.4 is 11.1 Å². The number of carbonyl (C=O) groups excluding carboxylic acids is 1. The van der Waals surface area contributed by atoms with Crippen LogP contribution in [0.3, 0.4) is 0 Å². The lowest BCUT2D eigenvalue weighted by molar-refractivity contribution is -0.126. The molecule has 0 radical (unpaired) electrons. The summed E-state index contributed by atoms with van der Waals surface area (Å²) in [6.07, 6.45) is 1.76. The number of pyridine rings is 1. The van der Waals surface area contributed by atoms with Crippen LogP contribution >= 0.6 is 15.9 Å². The van der Waals surface area contributed by atoms with Crippen molar-refractivity contribution in [2.75, 3.05) is 6.61 Å². The third kappa shape index (κ3) is 5.59. The maximum Gasteiger partial charge on any atom is 0.240 e. The number of hydrogen-bond acceptors (Lipinski definition) is 5. The van der Waals surface area contributed by atoms with Gasteiger partial charge in [0.2, 0.25) is 5.91 Å². The molecule has 0 unspecified atom stereocenters. The summed E-state index contributed by atoms with van der Waals surface area (Å²) in [6, 6.07) is 6.14. The van der Waals surface area contributed by atoms with Crippen LogP contribution in [0.4, 0.5) is 8.78 Å². The summed E-state index contributed by atoms with van der Waals surface area (Å²) in [6.45, 7) is 3.02. The van der Waals surface area contributed by atoms with Crippen LogP contribution in [0.15, 0.2) is 41.0 Å². The van der Waals surface area contributed by atoms with Crippen molar-refractivity contribution in [2.45, 2.75) is 39.5 Å². The van der Waals surface area contributed by atoms with Crippen molar-refractivity contribution in [1.29, 1.82) is 0 Å². The number of halogens is 3. The van der Waals surface area contributed by atoms with E-state index < -0.39 is 29.1 Å². The molecule has 0 saturated heterocycles. The van der Waals surface area contributed by atoms with Crippen LogP contribution in [0.2, 0.25) is 0 Å². The number of nitrogens with zero attached hydrogens (tertiary/aromatic N) is 3. The van der Waals surface area contributed by atoms with E-state index in [1.165, 1.54) is 6.07 Å². The molecule has 3 rings (SSSR count). The van der Waals surface area contributed by atoms with Crippen molar-refractivity contribution in [1.82, 2.24) is 19.9 Å². The molecule has 7 nitrogen and oxygen atoms in total. The first-order valence-corrected chi connectivity index (χ1v) is 9.56. The molecule has 1 aromatic carbocycles. The van der Waals surface area contributed by atoms with Gasteiger partial charge in [-0.2, -0.15) is 0 Å². The van der Waals surface area contributed by atoms with Crippen LogP contribution in [0.5, 0.6) is 0 Å². The average molecular weight is 484 g/mol. The normalized spacial score (nSPS) is 12.5. The SMILES string of the molecule is C.CC(C)(N)C(=O)N[C@H](COCc1ccc(F)cc1F)c1nnc2ccc(Br)cn12. The van der Waals surface area contributed by atoms with Gasteiger partial charge in [-0.15, -0.1) is 10.2 Å². The maximum absolute atomic E-state index is 13.8. The van der Waals surface area contributed by atoms with E-state index in [2.05, 4.69) is 31.4 Å². The number of rotatable bonds is 7. The number of amides is 1. The molecule has 162 valence electrons. The molecular formula is C20H24BrF2N5O2. The van der Waals surface area contributed by atoms with Gasteiger partial charge in [0, 0.05) is 22.3 Å². The lowest BCUT2D eigenvalue weighted by Crippen LogP contribution is -2.50. The van der Waals surface area contributed by atoms with Gasteiger partial charge in [-0.3, -0.25) is 9.20 Å². The van der Waals surface area contributed by atoms with Crippen LogP contribution in [0.1, 0.15) is 38.7 Å². The van der Waals surface area contributed by atoms with Crippen molar-refractivity contribution < 1.29 is 18.3 Å². The Bertz CT molecular complexity index is 1040. The highest BCUT2D eigenvalue weighted by molar-refractivity contribution is 9.10. The van der Waals surface area contributed by atoms with Crippen molar-refractivity contribution in [3.05, 3.63) is 64.0 Å². The number of carbonyl (C=O) groups is 1. The van der Waals surface area contributed by atoms with Gasteiger partial charge in [0.25, 0.3) is 0 Å². The molecule has 0 aliphatic carbocycles. The van der Waals surface area contributed by atoms with Crippen molar-refractivity contribution in [3.8, 4) is 0 Å². The van der Waals surface area contributed by atoms with Gasteiger partial charge < -0.3 is 15.8 Å². The molecule has 1 amide bonds. The fourth-order valence-corrected chi connectivity index (χ4v) is 2.91. The third-order valence-corrected chi connectivity index (χ3v) is 4.62. The summed E-state index contributed by atoms with van der Waals surface area (Å²) in [7, 11) is 0. The summed E-state index contributed by atoms with van der Waals surface area (Å²) in [5, 5.41) is 11.1. The summed E-state index contributed by atoms with van der Waals surface area (Å²) >= 11 is 3.39. The second-order valence-electron chi connectivity index (χ2n) is 7.13. The number of nitrogens with one attached hydrogen (secondary N) is 1. The second kappa shape index (κ2) is 9.59. The van der Waals surface area contributed by atoms with Crippen molar-refractivity contribution in [2.24, 2.45) is 5.73 Å². The van der Waals surface area contributed by atoms with Gasteiger partial charge >= 0.3 is 0 Å². The lowest BCUT2D eigenvalue weighted by atomic mass is 10.1. The fourth-order valence-electron chi connectivity index (χ4n) is 2.57. The molecule has 3 N–H and O–H groups in total. The van der Waals surface area contributed by atoms with Crippen LogP contribution in [-0.2, 0) is 16.1 Å². The highest BCUT2D eigenvalue weighted by atomic mass is 79.9. The van der Waals surface area contributed by atoms with Gasteiger partial charge in [0.1, 0.15) is 17.7 Å². The number of ether oxygens (including phenoxy) is 1. The highest BCUT2D eigenvalue weighted by Crippen LogP contribution is 2.19. The molecular weight excluding hydrogens is 460 g/mol. The predicted octanol–water partition coefficient (Wildman–Crippen LogP) is 3.52. The molecule has 0 saturated carbocycles. The van der Waals surface area contributed by atoms with Crippen molar-refractivity contribution in [3.63, 3.8) is 0 Å². The van der Waals surface area contributed by atoms with Crippen LogP contribution in [-0.4, -0.2) is 32.7 Å². The van der Waals surface area contributed by atoms with Crippen LogP contribution in [0.25, 0.3) is 5.65 Å². The first-order valence-electron chi connectivity index (χ1n) is 8.77. The average Bonchev–Trinajstić information content (AvgIpc) is 3.04. The molecule has 30 heavy (non-hydrogen) atoms. The molecule has 0 spiro atoms. The van der Waals surface area contributed by atoms with E-state index in [1.807, 2.05) is 6.07 Å². The zero-order chi connectivity index (χ0) is 21.2. The van der Waals surface area contributed by atoms with E-state index in [9.17, 15) is 13.6 Å². The topological polar surface area (TPSA) is 94.5 Å². The molecule has 2 aromatic heterocycles. The number of fused-ring (bicyclic) bond motifs is 1. The van der Waals surface area contributed by atoms with E-state index in [1.54, 1.807) is 30.5 Å². The minimum Gasteiger partial charge on any atom is -0.374 e. The predicted molar refractivity (Wildman–Crippen MR) is 113 cm³/mol. The lowest BCUT2D eigenvalue weighted by Gasteiger charge is -2.23. The Morgan fingerprint density at radius 1 is 1.30 bits per heavy atom. The number of aromatic nitrogens is 3. The molecule has 2 heterocycles. The Hall–Kier alpha value is -2.43. The standard InChI is InChI=1S/C19H20BrF2N5O2.CH4/c1-19(2,23)18(28)24-15(10-29-9-11-3-5-13(21)7-14(11)22)17-26-25-16-6-4-12(20)8-27(16)17;/h3-8,15H,9-10,23H2,1-2H3,(H,24,28);1H4/t15-;/m1./s1. The molecule has 0 fully saturated rings. The molecule has 10 heteroatoms. The Labute approximate surface area is 181 Å². The first kappa shape index (κ1) is 23.8. The fraction of sp³-hybridized carbons (Fsp3) is 0.350. The number of benzene rings is 1. The highest BCUT2D eigenvalue weighted by Gasteiger charge is 2.28. The van der Waals surface area contributed by atoms with Crippen LogP contribution in [0, 0.1) is 11.6 Å². The van der Waals surface area contributed by atoms with Crippen molar-refractivity contribution >= 4 is 27.5 Å². The minimum atomic E-state index is -1.12. The van der Waals surface area contributed by atoms with Gasteiger partial charge in [-0.25, -0.2) is 8.78 Å². The quantitative estimate of drug-likeness (QED) is 0.536. The summed E-state index contributed by atoms with van der Waals surface area (Å²) in [4.78, 5) is 12.4. The second-order valence-corrected chi connectivity index (χ2v) is 8.05. The molecule has 0 aliphatic heterocycles. The zero-order valence-electron chi connectivity index (χ0n) is 15.8. The summed E-state index contributed by atoms with van der Waals surface area (Å²) < 4.78 is 35.0. The molecule has 0 aliphatic rings. The smallest absolute Gasteiger partial charge is 0.240 e. The Kier molecular flexibility index (Phi) is 7.62. The molecule has 3 aromatic rings. The van der Waals surface area contributed by atoms with Gasteiger partial charge in [0.05, 0.1) is 18.8 Å². The largest absolute Gasteiger partial charge is 0.374 e. The summed E-state index contributed by atoms with van der Waals surface area (Å²) in [5.41, 5.74) is 5.54. The number of hydrogen-bond donors (Lipinski definition) is 2. The summed E-state index contributed by atoms with van der Waals surface area (Å²) in [5.74, 6) is -1.35. The maximum atomic E-state index is 13.8.